The van der Waals surface area contributed by atoms with Gasteiger partial charge in [0.25, 0.3) is 0 Å². The van der Waals surface area contributed by atoms with E-state index in [-0.39, 0.29) is 18.3 Å². The average molecular weight is 307 g/mol. The topological polar surface area (TPSA) is 43.4 Å². The van der Waals surface area contributed by atoms with Gasteiger partial charge in [0, 0.05) is 24.8 Å². The molecule has 6 heteroatoms. The Balaban J connectivity index is 2.66. The van der Waals surface area contributed by atoms with Crippen molar-refractivity contribution in [3.05, 3.63) is 30.1 Å². The highest BCUT2D eigenvalue weighted by molar-refractivity contribution is 7.87. The van der Waals surface area contributed by atoms with Crippen LogP contribution in [0, 0.1) is 5.82 Å². The molecular formula is C13H16ClFO3S. The van der Waals surface area contributed by atoms with Crippen molar-refractivity contribution in [2.45, 2.75) is 35.5 Å². The van der Waals surface area contributed by atoms with E-state index in [0.29, 0.717) is 11.3 Å². The normalized spacial score (nSPS) is 15.8. The van der Waals surface area contributed by atoms with Crippen LogP contribution in [0.5, 0.6) is 0 Å². The van der Waals surface area contributed by atoms with Crippen molar-refractivity contribution in [1.29, 1.82) is 0 Å². The number of carbonyl (C=O) groups is 1. The minimum absolute atomic E-state index is 0.0109. The van der Waals surface area contributed by atoms with Gasteiger partial charge in [0.05, 0.1) is 16.9 Å². The Labute approximate surface area is 119 Å². The molecule has 0 radical (unpaired) electrons. The van der Waals surface area contributed by atoms with Gasteiger partial charge in [-0.3, -0.25) is 9.00 Å². The number of ether oxygens (including phenoxy) is 1. The van der Waals surface area contributed by atoms with Gasteiger partial charge >= 0.3 is 0 Å². The number of hydrogen-bond donors (Lipinski definition) is 0. The van der Waals surface area contributed by atoms with Crippen LogP contribution < -0.4 is 0 Å². The molecule has 3 atom stereocenters. The number of Topliss-reactive ketones (excluding diaryl/α,β-unsaturated/α-hetero) is 1. The average Bonchev–Trinajstić information content (AvgIpc) is 2.37. The van der Waals surface area contributed by atoms with E-state index in [1.54, 1.807) is 0 Å². The number of hydrogen-bond acceptors (Lipinski definition) is 3. The van der Waals surface area contributed by atoms with Gasteiger partial charge in [0.2, 0.25) is 0 Å². The van der Waals surface area contributed by atoms with Crippen LogP contribution >= 0.6 is 11.6 Å². The van der Waals surface area contributed by atoms with Gasteiger partial charge in [0.15, 0.2) is 0 Å². The summed E-state index contributed by atoms with van der Waals surface area (Å²) in [5.41, 5.74) is 0. The lowest BCUT2D eigenvalue weighted by Gasteiger charge is -2.17. The second-order valence-electron chi connectivity index (χ2n) is 4.16. The van der Waals surface area contributed by atoms with Crippen LogP contribution in [0.2, 0.25) is 0 Å². The molecule has 0 saturated heterocycles. The van der Waals surface area contributed by atoms with E-state index in [1.807, 2.05) is 0 Å². The molecule has 0 aliphatic rings. The fraction of sp³-hybridized carbons (Fsp3) is 0.462. The van der Waals surface area contributed by atoms with Crippen LogP contribution in [0.4, 0.5) is 4.39 Å². The third-order valence-electron chi connectivity index (χ3n) is 2.57. The Kier molecular flexibility index (Phi) is 6.62. The maximum atomic E-state index is 12.8. The van der Waals surface area contributed by atoms with E-state index in [2.05, 4.69) is 0 Å². The van der Waals surface area contributed by atoms with Crippen LogP contribution in [0.15, 0.2) is 29.2 Å². The summed E-state index contributed by atoms with van der Waals surface area (Å²) in [6.07, 6.45) is 0.173. The molecule has 3 nitrogen and oxygen atoms in total. The quantitative estimate of drug-likeness (QED) is 0.728. The zero-order valence-corrected chi connectivity index (χ0v) is 12.3. The van der Waals surface area contributed by atoms with Gasteiger partial charge in [-0.05, 0) is 31.2 Å². The second-order valence-corrected chi connectivity index (χ2v) is 6.58. The Morgan fingerprint density at radius 2 is 2.00 bits per heavy atom. The summed E-state index contributed by atoms with van der Waals surface area (Å²) >= 11 is 6.08. The molecule has 19 heavy (non-hydrogen) atoms. The highest BCUT2D eigenvalue weighted by atomic mass is 35.5. The van der Waals surface area contributed by atoms with E-state index in [0.717, 1.165) is 0 Å². The van der Waals surface area contributed by atoms with Gasteiger partial charge in [-0.1, -0.05) is 0 Å². The fourth-order valence-electron chi connectivity index (χ4n) is 1.59. The second kappa shape index (κ2) is 7.72. The van der Waals surface area contributed by atoms with E-state index in [4.69, 9.17) is 16.3 Å². The first-order valence-corrected chi connectivity index (χ1v) is 7.41. The van der Waals surface area contributed by atoms with Gasteiger partial charge in [0.1, 0.15) is 16.3 Å². The summed E-state index contributed by atoms with van der Waals surface area (Å²) in [4.78, 5) is 11.5. The minimum atomic E-state index is -1.47. The molecule has 0 aliphatic heterocycles. The lowest BCUT2D eigenvalue weighted by atomic mass is 10.1. The number of rotatable bonds is 7. The van der Waals surface area contributed by atoms with E-state index in [1.165, 1.54) is 38.3 Å². The number of ketones is 1. The number of halogens is 2. The summed E-state index contributed by atoms with van der Waals surface area (Å²) in [5, 5.41) is 0. The van der Waals surface area contributed by atoms with Crippen LogP contribution in [-0.2, 0) is 20.3 Å². The summed E-state index contributed by atoms with van der Waals surface area (Å²) in [6.45, 7) is 1.46. The van der Waals surface area contributed by atoms with Crippen molar-refractivity contribution >= 4 is 28.2 Å². The van der Waals surface area contributed by atoms with Crippen molar-refractivity contribution in [3.8, 4) is 0 Å². The molecule has 0 amide bonds. The fourth-order valence-corrected chi connectivity index (χ4v) is 3.19. The summed E-state index contributed by atoms with van der Waals surface area (Å²) in [5.74, 6) is -0.401. The van der Waals surface area contributed by atoms with Crippen molar-refractivity contribution in [3.63, 3.8) is 0 Å². The molecule has 0 fully saturated rings. The van der Waals surface area contributed by atoms with Gasteiger partial charge in [-0.2, -0.15) is 0 Å². The lowest BCUT2D eigenvalue weighted by molar-refractivity contribution is -0.119. The molecule has 0 heterocycles. The van der Waals surface area contributed by atoms with E-state index >= 15 is 0 Å². The largest absolute Gasteiger partial charge is 0.381 e. The number of benzene rings is 1. The first kappa shape index (κ1) is 16.3. The molecule has 1 rings (SSSR count). The molecular weight excluding hydrogens is 291 g/mol. The molecule has 1 aromatic rings. The van der Waals surface area contributed by atoms with Crippen LogP contribution in [0.3, 0.4) is 0 Å². The third-order valence-corrected chi connectivity index (χ3v) is 4.63. The molecule has 0 spiro atoms. The third kappa shape index (κ3) is 5.38. The first-order valence-electron chi connectivity index (χ1n) is 5.76. The molecule has 0 N–H and O–H groups in total. The van der Waals surface area contributed by atoms with Gasteiger partial charge in [-0.25, -0.2) is 4.39 Å². The summed E-state index contributed by atoms with van der Waals surface area (Å²) < 4.78 is 29.3. The van der Waals surface area contributed by atoms with Crippen molar-refractivity contribution in [1.82, 2.24) is 0 Å². The monoisotopic (exact) mass is 306 g/mol. The molecule has 106 valence electrons. The molecule has 0 aromatic heterocycles. The van der Waals surface area contributed by atoms with E-state index < -0.39 is 21.3 Å². The van der Waals surface area contributed by atoms with E-state index in [9.17, 15) is 13.4 Å². The van der Waals surface area contributed by atoms with Crippen molar-refractivity contribution < 1.29 is 18.1 Å². The predicted octanol–water partition coefficient (Wildman–Crippen LogP) is 2.88. The van der Waals surface area contributed by atoms with Crippen LogP contribution in [0.1, 0.15) is 19.8 Å². The summed E-state index contributed by atoms with van der Waals surface area (Å²) in [6, 6.07) is 5.35. The molecule has 0 bridgehead atoms. The number of methoxy groups -OCH3 is 1. The smallest absolute Gasteiger partial charge is 0.132 e. The predicted molar refractivity (Wildman–Crippen MR) is 73.2 cm³/mol. The zero-order valence-electron chi connectivity index (χ0n) is 10.8. The van der Waals surface area contributed by atoms with Gasteiger partial charge in [-0.15, -0.1) is 11.6 Å². The molecule has 1 aromatic carbocycles. The van der Waals surface area contributed by atoms with Crippen LogP contribution in [-0.4, -0.2) is 27.9 Å². The van der Waals surface area contributed by atoms with Crippen molar-refractivity contribution in [2.75, 3.05) is 7.11 Å². The lowest BCUT2D eigenvalue weighted by Crippen LogP contribution is -2.22. The number of carbonyl (C=O) groups excluding carboxylic acids is 1. The number of alkyl halides is 1. The van der Waals surface area contributed by atoms with Crippen LogP contribution in [0.25, 0.3) is 0 Å². The highest BCUT2D eigenvalue weighted by Crippen LogP contribution is 2.21. The Hall–Kier alpha value is -0.780. The standard InChI is InChI=1S/C13H16ClFO3S/c1-9(16)7-11(18-2)8-13(14)19(17)12-5-3-10(15)4-6-12/h3-6,11,13H,7-8H2,1-2H3. The maximum absolute atomic E-state index is 12.8. The zero-order chi connectivity index (χ0) is 14.4. The Morgan fingerprint density at radius 1 is 1.42 bits per heavy atom. The maximum Gasteiger partial charge on any atom is 0.132 e. The van der Waals surface area contributed by atoms with Gasteiger partial charge < -0.3 is 4.74 Å². The highest BCUT2D eigenvalue weighted by Gasteiger charge is 2.21. The summed E-state index contributed by atoms with van der Waals surface area (Å²) in [7, 11) is 0.0182. The molecule has 3 unspecified atom stereocenters. The SMILES string of the molecule is COC(CC(C)=O)CC(Cl)S(=O)c1ccc(F)cc1. The Bertz CT molecular complexity index is 450. The minimum Gasteiger partial charge on any atom is -0.381 e. The Morgan fingerprint density at radius 3 is 2.47 bits per heavy atom. The molecule has 0 aliphatic carbocycles. The van der Waals surface area contributed by atoms with Crippen molar-refractivity contribution in [2.24, 2.45) is 0 Å². The molecule has 0 saturated carbocycles. The first-order chi connectivity index (χ1) is 8.93.